The number of allylic oxidation sites excluding steroid dienone is 10. The van der Waals surface area contributed by atoms with Gasteiger partial charge in [0.2, 0.25) is 0 Å². The van der Waals surface area contributed by atoms with Gasteiger partial charge in [0.05, 0.1) is 13.2 Å². The molecule has 0 aliphatic rings. The minimum absolute atomic E-state index is 0.0522. The molecule has 0 fully saturated rings. The summed E-state index contributed by atoms with van der Waals surface area (Å²) in [6.07, 6.45) is 65.6. The smallest absolute Gasteiger partial charge is 0.462 e. The van der Waals surface area contributed by atoms with E-state index in [0.717, 1.165) is 83.5 Å². The molecular weight excluding hydrogens is 858 g/mol. The average Bonchev–Trinajstić information content (AvgIpc) is 3.32. The van der Waals surface area contributed by atoms with Gasteiger partial charge in [0.1, 0.15) is 6.61 Å². The number of carbonyl (C=O) groups excluding carboxylic acids is 2. The van der Waals surface area contributed by atoms with E-state index >= 15 is 0 Å². The quantitative estimate of drug-likeness (QED) is 0.0264. The first kappa shape index (κ1) is 64.7. The van der Waals surface area contributed by atoms with Gasteiger partial charge in [0, 0.05) is 19.4 Å². The third-order valence-electron chi connectivity index (χ3n) is 11.9. The van der Waals surface area contributed by atoms with Crippen LogP contribution in [0.5, 0.6) is 0 Å². The van der Waals surface area contributed by atoms with Gasteiger partial charge in [0.25, 0.3) is 0 Å². The Morgan fingerprint density at radius 3 is 1.24 bits per heavy atom. The van der Waals surface area contributed by atoms with E-state index in [2.05, 4.69) is 74.6 Å². The van der Waals surface area contributed by atoms with E-state index < -0.39 is 26.5 Å². The van der Waals surface area contributed by atoms with Crippen LogP contribution in [-0.4, -0.2) is 49.3 Å². The summed E-state index contributed by atoms with van der Waals surface area (Å²) in [5.41, 5.74) is 5.37. The molecule has 67 heavy (non-hydrogen) atoms. The van der Waals surface area contributed by atoms with Crippen molar-refractivity contribution in [2.24, 2.45) is 5.73 Å². The van der Waals surface area contributed by atoms with Crippen molar-refractivity contribution >= 4 is 19.8 Å². The Morgan fingerprint density at radius 1 is 0.463 bits per heavy atom. The highest BCUT2D eigenvalue weighted by Gasteiger charge is 2.26. The molecule has 0 aromatic carbocycles. The molecule has 0 saturated heterocycles. The van der Waals surface area contributed by atoms with Gasteiger partial charge in [0.15, 0.2) is 6.10 Å². The van der Waals surface area contributed by atoms with Gasteiger partial charge in [-0.2, -0.15) is 0 Å². The van der Waals surface area contributed by atoms with E-state index in [9.17, 15) is 19.0 Å². The summed E-state index contributed by atoms with van der Waals surface area (Å²) in [7, 11) is -4.39. The zero-order valence-electron chi connectivity index (χ0n) is 43.4. The summed E-state index contributed by atoms with van der Waals surface area (Å²) < 4.78 is 33.0. The van der Waals surface area contributed by atoms with E-state index in [0.29, 0.717) is 6.42 Å². The maximum atomic E-state index is 12.7. The van der Waals surface area contributed by atoms with Crippen LogP contribution in [0.25, 0.3) is 0 Å². The minimum Gasteiger partial charge on any atom is -0.462 e. The molecule has 0 bridgehead atoms. The first-order valence-corrected chi connectivity index (χ1v) is 29.3. The lowest BCUT2D eigenvalue weighted by Crippen LogP contribution is -2.29. The zero-order chi connectivity index (χ0) is 48.8. The van der Waals surface area contributed by atoms with Gasteiger partial charge in [-0.1, -0.05) is 229 Å². The van der Waals surface area contributed by atoms with Crippen LogP contribution in [0.3, 0.4) is 0 Å². The standard InChI is InChI=1S/C57H104NO8P/c1-3-5-7-9-11-13-15-17-19-20-21-22-23-24-25-26-27-28-29-30-31-32-33-34-36-38-40-42-44-46-48-50-57(60)66-55(54-65-67(61,62)64-52-51-58)53-63-56(59)49-47-45-43-41-39-37-35-18-16-14-12-10-8-6-4-2/h5,7,11,13,17-19,21-22,35,55H,3-4,6,8-10,12,14-16,20,23-34,36-54,58H2,1-2H3,(H,61,62)/b7-5-,13-11-,19-17-,22-21-,35-18-. The molecule has 3 N–H and O–H groups in total. The maximum Gasteiger partial charge on any atom is 0.472 e. The largest absolute Gasteiger partial charge is 0.472 e. The SMILES string of the molecule is CC/C=C\C/C=C\C/C=C\C/C=C\CCCCCCCCCCCCCCCCCCCCC(=O)OC(COC(=O)CCCCCCC/C=C\CCCCCCCC)COP(=O)(O)OCCN. The highest BCUT2D eigenvalue weighted by molar-refractivity contribution is 7.47. The molecule has 0 aromatic heterocycles. The van der Waals surface area contributed by atoms with Crippen molar-refractivity contribution in [2.75, 3.05) is 26.4 Å². The lowest BCUT2D eigenvalue weighted by atomic mass is 10.0. The Hall–Kier alpha value is -2.29. The molecule has 390 valence electrons. The molecule has 2 unspecified atom stereocenters. The molecule has 2 atom stereocenters. The average molecular weight is 962 g/mol. The molecule has 0 spiro atoms. The van der Waals surface area contributed by atoms with E-state index in [1.807, 2.05) is 0 Å². The predicted molar refractivity (Wildman–Crippen MR) is 284 cm³/mol. The lowest BCUT2D eigenvalue weighted by Gasteiger charge is -2.19. The number of esters is 2. The number of hydrogen-bond acceptors (Lipinski definition) is 8. The van der Waals surface area contributed by atoms with E-state index in [-0.39, 0.29) is 38.6 Å². The highest BCUT2D eigenvalue weighted by Crippen LogP contribution is 2.43. The van der Waals surface area contributed by atoms with Crippen molar-refractivity contribution < 1.29 is 37.6 Å². The topological polar surface area (TPSA) is 134 Å². The fraction of sp³-hybridized carbons (Fsp3) is 0.789. The molecule has 0 saturated carbocycles. The van der Waals surface area contributed by atoms with E-state index in [4.69, 9.17) is 24.3 Å². The highest BCUT2D eigenvalue weighted by atomic mass is 31.2. The summed E-state index contributed by atoms with van der Waals surface area (Å²) in [6, 6.07) is 0. The van der Waals surface area contributed by atoms with Gasteiger partial charge >= 0.3 is 19.8 Å². The van der Waals surface area contributed by atoms with Crippen LogP contribution in [0.15, 0.2) is 60.8 Å². The second-order valence-corrected chi connectivity index (χ2v) is 19.9. The number of carbonyl (C=O) groups is 2. The number of phosphoric ester groups is 1. The molecular formula is C57H104NO8P. The molecule has 10 heteroatoms. The van der Waals surface area contributed by atoms with Crippen LogP contribution in [0, 0.1) is 0 Å². The molecule has 0 amide bonds. The van der Waals surface area contributed by atoms with Crippen LogP contribution >= 0.6 is 7.82 Å². The molecule has 0 rings (SSSR count). The molecule has 0 radical (unpaired) electrons. The summed E-state index contributed by atoms with van der Waals surface area (Å²) in [6.45, 7) is 3.64. The number of nitrogens with two attached hydrogens (primary N) is 1. The third kappa shape index (κ3) is 52.9. The molecule has 0 aliphatic heterocycles. The fourth-order valence-corrected chi connectivity index (χ4v) is 8.56. The summed E-state index contributed by atoms with van der Waals surface area (Å²) in [4.78, 5) is 35.1. The Kier molecular flexibility index (Phi) is 51.3. The van der Waals surface area contributed by atoms with Crippen LogP contribution in [-0.2, 0) is 32.7 Å². The summed E-state index contributed by atoms with van der Waals surface area (Å²) >= 11 is 0. The predicted octanol–water partition coefficient (Wildman–Crippen LogP) is 17.2. The van der Waals surface area contributed by atoms with Gasteiger partial charge in [-0.05, 0) is 77.0 Å². The van der Waals surface area contributed by atoms with E-state index in [1.165, 1.54) is 141 Å². The normalized spacial score (nSPS) is 13.6. The zero-order valence-corrected chi connectivity index (χ0v) is 44.3. The Bertz CT molecular complexity index is 1280. The Morgan fingerprint density at radius 2 is 0.821 bits per heavy atom. The van der Waals surface area contributed by atoms with Gasteiger partial charge < -0.3 is 20.1 Å². The number of unbranched alkanes of at least 4 members (excludes halogenated alkanes) is 29. The van der Waals surface area contributed by atoms with Crippen molar-refractivity contribution in [3.63, 3.8) is 0 Å². The number of phosphoric acid groups is 1. The Balaban J connectivity index is 3.91. The van der Waals surface area contributed by atoms with Crippen molar-refractivity contribution in [1.82, 2.24) is 0 Å². The fourth-order valence-electron chi connectivity index (χ4n) is 7.80. The van der Waals surface area contributed by atoms with Crippen molar-refractivity contribution in [3.05, 3.63) is 60.8 Å². The third-order valence-corrected chi connectivity index (χ3v) is 12.9. The first-order valence-electron chi connectivity index (χ1n) is 27.8. The summed E-state index contributed by atoms with van der Waals surface area (Å²) in [5.74, 6) is -0.830. The molecule has 9 nitrogen and oxygen atoms in total. The Labute approximate surface area is 412 Å². The number of hydrogen-bond donors (Lipinski definition) is 2. The monoisotopic (exact) mass is 962 g/mol. The van der Waals surface area contributed by atoms with E-state index in [1.54, 1.807) is 0 Å². The number of rotatable bonds is 52. The second kappa shape index (κ2) is 53.1. The van der Waals surface area contributed by atoms with Crippen LogP contribution in [0.2, 0.25) is 0 Å². The van der Waals surface area contributed by atoms with Crippen molar-refractivity contribution in [2.45, 2.75) is 264 Å². The van der Waals surface area contributed by atoms with Crippen molar-refractivity contribution in [1.29, 1.82) is 0 Å². The van der Waals surface area contributed by atoms with Gasteiger partial charge in [-0.15, -0.1) is 0 Å². The number of ether oxygens (including phenoxy) is 2. The molecule has 0 aliphatic carbocycles. The van der Waals surface area contributed by atoms with Gasteiger partial charge in [-0.3, -0.25) is 18.6 Å². The van der Waals surface area contributed by atoms with Crippen LogP contribution in [0.1, 0.15) is 258 Å². The van der Waals surface area contributed by atoms with Crippen LogP contribution < -0.4 is 5.73 Å². The maximum absolute atomic E-state index is 12.7. The molecule has 0 aromatic rings. The van der Waals surface area contributed by atoms with Gasteiger partial charge in [-0.25, -0.2) is 4.57 Å². The first-order chi connectivity index (χ1) is 32.8. The lowest BCUT2D eigenvalue weighted by molar-refractivity contribution is -0.161. The summed E-state index contributed by atoms with van der Waals surface area (Å²) in [5, 5.41) is 0. The molecule has 0 heterocycles. The van der Waals surface area contributed by atoms with Crippen LogP contribution in [0.4, 0.5) is 0 Å². The van der Waals surface area contributed by atoms with Crippen molar-refractivity contribution in [3.8, 4) is 0 Å². The minimum atomic E-state index is -4.39. The second-order valence-electron chi connectivity index (χ2n) is 18.4.